The fourth-order valence-electron chi connectivity index (χ4n) is 3.80. The number of anilines is 1. The SMILES string of the molecule is CCOc1cccc(/C(O)=C2\C(=O)C(=O)N(c3nccs3)C2c2ccc(C(C)C)cc2)c1. The van der Waals surface area contributed by atoms with Gasteiger partial charge in [0.2, 0.25) is 0 Å². The van der Waals surface area contributed by atoms with Crippen LogP contribution in [0.5, 0.6) is 5.75 Å². The van der Waals surface area contributed by atoms with Crippen LogP contribution in [0.1, 0.15) is 49.4 Å². The second kappa shape index (κ2) is 8.96. The molecule has 1 unspecified atom stereocenters. The molecule has 32 heavy (non-hydrogen) atoms. The van der Waals surface area contributed by atoms with E-state index in [1.165, 1.54) is 16.2 Å². The Morgan fingerprint density at radius 2 is 1.94 bits per heavy atom. The predicted octanol–water partition coefficient (Wildman–Crippen LogP) is 5.29. The quantitative estimate of drug-likeness (QED) is 0.315. The summed E-state index contributed by atoms with van der Waals surface area (Å²) in [6, 6.07) is 13.8. The standard InChI is InChI=1S/C25H24N2O4S/c1-4-31-19-7-5-6-18(14-19)22(28)20-21(17-10-8-16(9-11-17)15(2)3)27(24(30)23(20)29)25-26-12-13-32-25/h5-15,21,28H,4H2,1-3H3/b22-20+. The molecule has 0 aliphatic carbocycles. The number of ketones is 1. The summed E-state index contributed by atoms with van der Waals surface area (Å²) in [7, 11) is 0. The zero-order valence-electron chi connectivity index (χ0n) is 18.1. The van der Waals surface area contributed by atoms with Crippen molar-refractivity contribution in [2.24, 2.45) is 0 Å². The van der Waals surface area contributed by atoms with Crippen LogP contribution in [-0.4, -0.2) is 28.4 Å². The third-order valence-electron chi connectivity index (χ3n) is 5.41. The number of carbonyl (C=O) groups excluding carboxylic acids is 2. The summed E-state index contributed by atoms with van der Waals surface area (Å²) >= 11 is 1.27. The Labute approximate surface area is 190 Å². The Kier molecular flexibility index (Phi) is 6.10. The summed E-state index contributed by atoms with van der Waals surface area (Å²) < 4.78 is 5.53. The maximum Gasteiger partial charge on any atom is 0.301 e. The first-order valence-electron chi connectivity index (χ1n) is 10.5. The molecule has 1 saturated heterocycles. The van der Waals surface area contributed by atoms with Crippen molar-refractivity contribution in [1.82, 2.24) is 4.98 Å². The minimum atomic E-state index is -0.780. The van der Waals surface area contributed by atoms with Crippen molar-refractivity contribution in [3.05, 3.63) is 82.4 Å². The van der Waals surface area contributed by atoms with Crippen LogP contribution in [0, 0.1) is 0 Å². The maximum absolute atomic E-state index is 13.1. The van der Waals surface area contributed by atoms with E-state index in [2.05, 4.69) is 18.8 Å². The highest BCUT2D eigenvalue weighted by Gasteiger charge is 2.48. The van der Waals surface area contributed by atoms with E-state index in [9.17, 15) is 14.7 Å². The summed E-state index contributed by atoms with van der Waals surface area (Å²) in [5, 5.41) is 13.4. The molecule has 1 aromatic heterocycles. The molecule has 0 spiro atoms. The molecular formula is C25H24N2O4S. The monoisotopic (exact) mass is 448 g/mol. The van der Waals surface area contributed by atoms with Crippen LogP contribution in [0.4, 0.5) is 5.13 Å². The molecule has 2 aromatic carbocycles. The smallest absolute Gasteiger partial charge is 0.301 e. The number of benzene rings is 2. The number of hydrogen-bond acceptors (Lipinski definition) is 6. The molecule has 1 atom stereocenters. The van der Waals surface area contributed by atoms with Crippen LogP contribution in [0.3, 0.4) is 0 Å². The van der Waals surface area contributed by atoms with Crippen LogP contribution in [0.15, 0.2) is 65.7 Å². The largest absolute Gasteiger partial charge is 0.507 e. The fourth-order valence-corrected chi connectivity index (χ4v) is 4.47. The Bertz CT molecular complexity index is 1170. The molecule has 0 radical (unpaired) electrons. The van der Waals surface area contributed by atoms with Gasteiger partial charge in [0.15, 0.2) is 5.13 Å². The lowest BCUT2D eigenvalue weighted by Gasteiger charge is -2.23. The lowest BCUT2D eigenvalue weighted by atomic mass is 9.93. The summed E-state index contributed by atoms with van der Waals surface area (Å²) in [5.74, 6) is -0.765. The number of amides is 1. The van der Waals surface area contributed by atoms with Gasteiger partial charge in [-0.05, 0) is 36.1 Å². The van der Waals surface area contributed by atoms with E-state index in [0.29, 0.717) is 29.0 Å². The van der Waals surface area contributed by atoms with E-state index >= 15 is 0 Å². The highest BCUT2D eigenvalue weighted by atomic mass is 32.1. The van der Waals surface area contributed by atoms with Crippen molar-refractivity contribution in [2.45, 2.75) is 32.7 Å². The van der Waals surface area contributed by atoms with Crippen molar-refractivity contribution in [3.8, 4) is 5.75 Å². The van der Waals surface area contributed by atoms with Crippen molar-refractivity contribution in [3.63, 3.8) is 0 Å². The molecule has 4 rings (SSSR count). The lowest BCUT2D eigenvalue weighted by molar-refractivity contribution is -0.132. The normalized spacial score (nSPS) is 17.9. The first-order valence-corrected chi connectivity index (χ1v) is 11.3. The van der Waals surface area contributed by atoms with Crippen molar-refractivity contribution >= 4 is 33.9 Å². The average molecular weight is 449 g/mol. The average Bonchev–Trinajstić information content (AvgIpc) is 3.41. The molecule has 1 amide bonds. The topological polar surface area (TPSA) is 79.7 Å². The zero-order valence-corrected chi connectivity index (χ0v) is 18.9. The molecule has 1 aliphatic rings. The number of aromatic nitrogens is 1. The molecule has 1 N–H and O–H groups in total. The number of nitrogens with zero attached hydrogens (tertiary/aromatic N) is 2. The number of aliphatic hydroxyl groups is 1. The Morgan fingerprint density at radius 3 is 2.56 bits per heavy atom. The van der Waals surface area contributed by atoms with Crippen LogP contribution in [-0.2, 0) is 9.59 Å². The zero-order chi connectivity index (χ0) is 22.8. The number of Topliss-reactive ketones (excluding diaryl/α,β-unsaturated/α-hetero) is 1. The molecule has 6 nitrogen and oxygen atoms in total. The fraction of sp³-hybridized carbons (Fsp3) is 0.240. The summed E-state index contributed by atoms with van der Waals surface area (Å²) in [5.41, 5.74) is 2.32. The van der Waals surface area contributed by atoms with Gasteiger partial charge in [0.1, 0.15) is 11.5 Å². The van der Waals surface area contributed by atoms with Crippen LogP contribution < -0.4 is 9.64 Å². The number of ether oxygens (including phenoxy) is 1. The molecule has 1 fully saturated rings. The second-order valence-electron chi connectivity index (χ2n) is 7.77. The molecule has 1 aliphatic heterocycles. The third-order valence-corrected chi connectivity index (χ3v) is 6.18. The van der Waals surface area contributed by atoms with Crippen LogP contribution in [0.2, 0.25) is 0 Å². The van der Waals surface area contributed by atoms with Gasteiger partial charge in [-0.3, -0.25) is 14.5 Å². The number of aliphatic hydroxyl groups excluding tert-OH is 1. The Morgan fingerprint density at radius 1 is 1.19 bits per heavy atom. The highest BCUT2D eigenvalue weighted by Crippen LogP contribution is 2.43. The van der Waals surface area contributed by atoms with E-state index in [1.54, 1.807) is 35.8 Å². The summed E-state index contributed by atoms with van der Waals surface area (Å²) in [4.78, 5) is 31.8. The maximum atomic E-state index is 13.1. The van der Waals surface area contributed by atoms with Crippen molar-refractivity contribution < 1.29 is 19.4 Å². The van der Waals surface area contributed by atoms with Gasteiger partial charge in [0.25, 0.3) is 5.78 Å². The molecule has 0 saturated carbocycles. The number of thiazole rings is 1. The Hall–Kier alpha value is -3.45. The number of hydrogen-bond donors (Lipinski definition) is 1. The number of carbonyl (C=O) groups is 2. The van der Waals surface area contributed by atoms with E-state index in [-0.39, 0.29) is 11.3 Å². The first kappa shape index (κ1) is 21.8. The minimum Gasteiger partial charge on any atom is -0.507 e. The molecule has 3 aromatic rings. The molecule has 2 heterocycles. The second-order valence-corrected chi connectivity index (χ2v) is 8.64. The van der Waals surface area contributed by atoms with Crippen LogP contribution in [0.25, 0.3) is 5.76 Å². The highest BCUT2D eigenvalue weighted by molar-refractivity contribution is 7.14. The predicted molar refractivity (Wildman–Crippen MR) is 125 cm³/mol. The molecular weight excluding hydrogens is 424 g/mol. The van der Waals surface area contributed by atoms with Crippen molar-refractivity contribution in [2.75, 3.05) is 11.5 Å². The van der Waals surface area contributed by atoms with Gasteiger partial charge in [-0.2, -0.15) is 0 Å². The first-order chi connectivity index (χ1) is 15.4. The molecule has 7 heteroatoms. The summed E-state index contributed by atoms with van der Waals surface area (Å²) in [6.07, 6.45) is 1.59. The third kappa shape index (κ3) is 3.91. The minimum absolute atomic E-state index is 0.0381. The van der Waals surface area contributed by atoms with E-state index in [1.807, 2.05) is 31.2 Å². The van der Waals surface area contributed by atoms with Gasteiger partial charge >= 0.3 is 5.91 Å². The van der Waals surface area contributed by atoms with Gasteiger partial charge in [0.05, 0.1) is 18.2 Å². The van der Waals surface area contributed by atoms with E-state index in [4.69, 9.17) is 4.74 Å². The van der Waals surface area contributed by atoms with E-state index < -0.39 is 17.7 Å². The van der Waals surface area contributed by atoms with Gasteiger partial charge in [0, 0.05) is 17.1 Å². The van der Waals surface area contributed by atoms with Gasteiger partial charge in [-0.15, -0.1) is 11.3 Å². The summed E-state index contributed by atoms with van der Waals surface area (Å²) in [6.45, 7) is 6.54. The lowest BCUT2D eigenvalue weighted by Crippen LogP contribution is -2.29. The van der Waals surface area contributed by atoms with Crippen LogP contribution >= 0.6 is 11.3 Å². The molecule has 164 valence electrons. The van der Waals surface area contributed by atoms with Gasteiger partial charge < -0.3 is 9.84 Å². The van der Waals surface area contributed by atoms with E-state index in [0.717, 1.165) is 11.1 Å². The van der Waals surface area contributed by atoms with Gasteiger partial charge in [-0.25, -0.2) is 4.98 Å². The van der Waals surface area contributed by atoms with Crippen molar-refractivity contribution in [1.29, 1.82) is 0 Å². The molecule has 0 bridgehead atoms. The van der Waals surface area contributed by atoms with Gasteiger partial charge in [-0.1, -0.05) is 50.2 Å². The Balaban J connectivity index is 1.89. The number of rotatable bonds is 6.